The fourth-order valence-electron chi connectivity index (χ4n) is 1.76. The Bertz CT molecular complexity index is 324. The van der Waals surface area contributed by atoms with Crippen LogP contribution in [0, 0.1) is 0 Å². The van der Waals surface area contributed by atoms with Gasteiger partial charge in [-0.3, -0.25) is 0 Å². The van der Waals surface area contributed by atoms with E-state index in [1.165, 1.54) is 19.3 Å². The minimum atomic E-state index is -0.284. The summed E-state index contributed by atoms with van der Waals surface area (Å²) in [7, 11) is 0. The van der Waals surface area contributed by atoms with E-state index in [-0.39, 0.29) is 6.10 Å². The van der Waals surface area contributed by atoms with E-state index in [0.717, 1.165) is 23.9 Å². The number of aliphatic hydroxyl groups is 1. The molecule has 0 aromatic carbocycles. The lowest BCUT2D eigenvalue weighted by Gasteiger charge is -2.06. The zero-order valence-corrected chi connectivity index (χ0v) is 9.83. The largest absolute Gasteiger partial charge is 0.393 e. The maximum Gasteiger partial charge on any atom is 0.191 e. The minimum Gasteiger partial charge on any atom is -0.393 e. The van der Waals surface area contributed by atoms with E-state index in [9.17, 15) is 5.11 Å². The number of thioether (sulfide) groups is 1. The summed E-state index contributed by atoms with van der Waals surface area (Å²) in [5.74, 6) is 1.80. The molecule has 0 fully saturated rings. The molecule has 1 aliphatic heterocycles. The normalized spacial score (nSPS) is 18.3. The standard InChI is InChI=1S/C10H17N3OS/c1-8(14)7-15-10-12-11-9-5-3-2-4-6-13(9)10/h8,14H,2-7H2,1H3/t8-/m0/s1. The van der Waals surface area contributed by atoms with Crippen molar-refractivity contribution in [1.29, 1.82) is 0 Å². The summed E-state index contributed by atoms with van der Waals surface area (Å²) >= 11 is 1.60. The molecular weight excluding hydrogens is 210 g/mol. The smallest absolute Gasteiger partial charge is 0.191 e. The monoisotopic (exact) mass is 227 g/mol. The number of fused-ring (bicyclic) bond motifs is 1. The van der Waals surface area contributed by atoms with Crippen LogP contribution in [-0.2, 0) is 13.0 Å². The van der Waals surface area contributed by atoms with Crippen LogP contribution in [0.3, 0.4) is 0 Å². The Labute approximate surface area is 94.1 Å². The first-order valence-corrected chi connectivity index (χ1v) is 6.49. The van der Waals surface area contributed by atoms with Crippen LogP contribution < -0.4 is 0 Å². The molecule has 84 valence electrons. The highest BCUT2D eigenvalue weighted by molar-refractivity contribution is 7.99. The van der Waals surface area contributed by atoms with Crippen molar-refractivity contribution in [1.82, 2.24) is 14.8 Å². The number of nitrogens with zero attached hydrogens (tertiary/aromatic N) is 3. The Kier molecular flexibility index (Phi) is 3.64. The Hall–Kier alpha value is -0.550. The topological polar surface area (TPSA) is 50.9 Å². The van der Waals surface area contributed by atoms with Gasteiger partial charge in [0.25, 0.3) is 0 Å². The first-order chi connectivity index (χ1) is 7.27. The Morgan fingerprint density at radius 2 is 2.27 bits per heavy atom. The second kappa shape index (κ2) is 4.99. The molecule has 2 rings (SSSR count). The number of hydrogen-bond acceptors (Lipinski definition) is 4. The highest BCUT2D eigenvalue weighted by atomic mass is 32.2. The van der Waals surface area contributed by atoms with Crippen molar-refractivity contribution in [3.63, 3.8) is 0 Å². The van der Waals surface area contributed by atoms with Crippen molar-refractivity contribution >= 4 is 11.8 Å². The molecule has 2 heterocycles. The van der Waals surface area contributed by atoms with Gasteiger partial charge < -0.3 is 9.67 Å². The van der Waals surface area contributed by atoms with Crippen LogP contribution >= 0.6 is 11.8 Å². The third-order valence-corrected chi connectivity index (χ3v) is 3.74. The number of rotatable bonds is 3. The highest BCUT2D eigenvalue weighted by Gasteiger charge is 2.15. The summed E-state index contributed by atoms with van der Waals surface area (Å²) in [5, 5.41) is 18.6. The van der Waals surface area contributed by atoms with Crippen LogP contribution in [0.1, 0.15) is 32.0 Å². The van der Waals surface area contributed by atoms with Gasteiger partial charge in [-0.25, -0.2) is 0 Å². The molecule has 0 bridgehead atoms. The molecule has 1 aromatic heterocycles. The third kappa shape index (κ3) is 2.72. The number of aromatic nitrogens is 3. The van der Waals surface area contributed by atoms with E-state index in [2.05, 4.69) is 14.8 Å². The van der Waals surface area contributed by atoms with Crippen molar-refractivity contribution in [2.75, 3.05) is 5.75 Å². The SMILES string of the molecule is C[C@H](O)CSc1nnc2n1CCCCC2. The van der Waals surface area contributed by atoms with Crippen molar-refractivity contribution in [2.24, 2.45) is 0 Å². The van der Waals surface area contributed by atoms with Crippen LogP contribution in [0.5, 0.6) is 0 Å². The first kappa shape index (κ1) is 11.0. The maximum absolute atomic E-state index is 9.23. The Morgan fingerprint density at radius 3 is 3.07 bits per heavy atom. The second-order valence-corrected chi connectivity index (χ2v) is 5.01. The molecule has 0 saturated carbocycles. The molecule has 5 heteroatoms. The maximum atomic E-state index is 9.23. The molecule has 0 unspecified atom stereocenters. The minimum absolute atomic E-state index is 0.284. The van der Waals surface area contributed by atoms with Crippen LogP contribution in [0.15, 0.2) is 5.16 Å². The molecule has 0 amide bonds. The van der Waals surface area contributed by atoms with Gasteiger partial charge in [-0.2, -0.15) is 0 Å². The molecule has 0 spiro atoms. The van der Waals surface area contributed by atoms with Crippen LogP contribution in [-0.4, -0.2) is 31.7 Å². The van der Waals surface area contributed by atoms with E-state index in [1.807, 2.05) is 0 Å². The lowest BCUT2D eigenvalue weighted by atomic mass is 10.2. The van der Waals surface area contributed by atoms with E-state index in [0.29, 0.717) is 5.75 Å². The summed E-state index contributed by atoms with van der Waals surface area (Å²) in [6.07, 6.45) is 4.48. The van der Waals surface area contributed by atoms with Gasteiger partial charge in [0.2, 0.25) is 0 Å². The predicted octanol–water partition coefficient (Wildman–Crippen LogP) is 1.48. The van der Waals surface area contributed by atoms with Gasteiger partial charge in [-0.15, -0.1) is 10.2 Å². The van der Waals surface area contributed by atoms with Gasteiger partial charge in [0.15, 0.2) is 5.16 Å². The van der Waals surface area contributed by atoms with Crippen molar-refractivity contribution in [2.45, 2.75) is 50.4 Å². The van der Waals surface area contributed by atoms with E-state index >= 15 is 0 Å². The quantitative estimate of drug-likeness (QED) is 0.795. The van der Waals surface area contributed by atoms with Gasteiger partial charge in [-0.1, -0.05) is 18.2 Å². The van der Waals surface area contributed by atoms with Gasteiger partial charge in [0.05, 0.1) is 6.10 Å². The molecule has 1 N–H and O–H groups in total. The zero-order valence-electron chi connectivity index (χ0n) is 9.02. The summed E-state index contributed by atoms with van der Waals surface area (Å²) < 4.78 is 2.21. The van der Waals surface area contributed by atoms with Gasteiger partial charge >= 0.3 is 0 Å². The van der Waals surface area contributed by atoms with Crippen molar-refractivity contribution in [3.8, 4) is 0 Å². The van der Waals surface area contributed by atoms with Gasteiger partial charge in [0.1, 0.15) is 5.82 Å². The van der Waals surface area contributed by atoms with Crippen LogP contribution in [0.4, 0.5) is 0 Å². The molecule has 15 heavy (non-hydrogen) atoms. The third-order valence-electron chi connectivity index (χ3n) is 2.53. The molecule has 1 aliphatic rings. The molecule has 0 aliphatic carbocycles. The summed E-state index contributed by atoms with van der Waals surface area (Å²) in [5.41, 5.74) is 0. The molecular formula is C10H17N3OS. The van der Waals surface area contributed by atoms with E-state index in [1.54, 1.807) is 18.7 Å². The van der Waals surface area contributed by atoms with Gasteiger partial charge in [0, 0.05) is 18.7 Å². The van der Waals surface area contributed by atoms with E-state index in [4.69, 9.17) is 0 Å². The summed E-state index contributed by atoms with van der Waals surface area (Å²) in [4.78, 5) is 0. The fourth-order valence-corrected chi connectivity index (χ4v) is 2.60. The van der Waals surface area contributed by atoms with Crippen LogP contribution in [0.25, 0.3) is 0 Å². The fraction of sp³-hybridized carbons (Fsp3) is 0.800. The molecule has 0 saturated heterocycles. The van der Waals surface area contributed by atoms with Crippen molar-refractivity contribution < 1.29 is 5.11 Å². The van der Waals surface area contributed by atoms with E-state index < -0.39 is 0 Å². The zero-order chi connectivity index (χ0) is 10.7. The first-order valence-electron chi connectivity index (χ1n) is 5.50. The molecule has 4 nitrogen and oxygen atoms in total. The average Bonchev–Trinajstić information content (AvgIpc) is 2.44. The predicted molar refractivity (Wildman–Crippen MR) is 60.0 cm³/mol. The Morgan fingerprint density at radius 1 is 1.40 bits per heavy atom. The lowest BCUT2D eigenvalue weighted by Crippen LogP contribution is -2.06. The van der Waals surface area contributed by atoms with Crippen molar-refractivity contribution in [3.05, 3.63) is 5.82 Å². The Balaban J connectivity index is 2.08. The highest BCUT2D eigenvalue weighted by Crippen LogP contribution is 2.21. The van der Waals surface area contributed by atoms with Crippen LogP contribution in [0.2, 0.25) is 0 Å². The summed E-state index contributed by atoms with van der Waals surface area (Å²) in [6, 6.07) is 0. The number of hydrogen-bond donors (Lipinski definition) is 1. The average molecular weight is 227 g/mol. The molecule has 1 aromatic rings. The molecule has 1 atom stereocenters. The second-order valence-electron chi connectivity index (χ2n) is 4.02. The molecule has 0 radical (unpaired) electrons. The summed E-state index contributed by atoms with van der Waals surface area (Å²) in [6.45, 7) is 2.83. The number of aliphatic hydroxyl groups excluding tert-OH is 1. The number of aryl methyl sites for hydroxylation is 1. The van der Waals surface area contributed by atoms with Gasteiger partial charge in [-0.05, 0) is 19.8 Å². The lowest BCUT2D eigenvalue weighted by molar-refractivity contribution is 0.220.